The molecule has 0 bridgehead atoms. The zero-order valence-corrected chi connectivity index (χ0v) is 12.6. The van der Waals surface area contributed by atoms with Crippen molar-refractivity contribution in [3.8, 4) is 5.75 Å². The van der Waals surface area contributed by atoms with Gasteiger partial charge in [-0.25, -0.2) is 4.79 Å². The van der Waals surface area contributed by atoms with Crippen molar-refractivity contribution in [3.05, 3.63) is 29.3 Å². The second-order valence-corrected chi connectivity index (χ2v) is 5.66. The lowest BCUT2D eigenvalue weighted by Crippen LogP contribution is -2.24. The zero-order valence-electron chi connectivity index (χ0n) is 12.6. The number of esters is 1. The Morgan fingerprint density at radius 3 is 2.53 bits per heavy atom. The fourth-order valence-corrected chi connectivity index (χ4v) is 1.66. The van der Waals surface area contributed by atoms with E-state index in [4.69, 9.17) is 9.47 Å². The summed E-state index contributed by atoms with van der Waals surface area (Å²) in [5.74, 6) is 0.313. The molecule has 0 radical (unpaired) electrons. The van der Waals surface area contributed by atoms with Crippen LogP contribution in [-0.4, -0.2) is 18.2 Å². The van der Waals surface area contributed by atoms with E-state index in [1.807, 2.05) is 39.8 Å². The summed E-state index contributed by atoms with van der Waals surface area (Å²) < 4.78 is 11.1. The molecule has 106 valence electrons. The predicted octanol–water partition coefficient (Wildman–Crippen LogP) is 4.13. The highest BCUT2D eigenvalue weighted by Gasteiger charge is 2.21. The minimum Gasteiger partial charge on any atom is -0.492 e. The summed E-state index contributed by atoms with van der Waals surface area (Å²) in [6, 6.07) is 5.54. The van der Waals surface area contributed by atoms with Crippen LogP contribution in [0.4, 0.5) is 0 Å². The van der Waals surface area contributed by atoms with E-state index in [0.29, 0.717) is 17.9 Å². The standard InChI is InChI=1S/C16H24O3/c1-6-7-11-18-14-12(2)9-8-10-13(14)15(17)19-16(3,4)5/h8-10H,6-7,11H2,1-5H3. The summed E-state index contributed by atoms with van der Waals surface area (Å²) >= 11 is 0. The first kappa shape index (κ1) is 15.5. The molecule has 1 aromatic rings. The maximum absolute atomic E-state index is 12.2. The Bertz CT molecular complexity index is 430. The molecule has 1 rings (SSSR count). The van der Waals surface area contributed by atoms with Gasteiger partial charge in [-0.3, -0.25) is 0 Å². The summed E-state index contributed by atoms with van der Waals surface area (Å²) in [5, 5.41) is 0. The van der Waals surface area contributed by atoms with Gasteiger partial charge in [0.25, 0.3) is 0 Å². The summed E-state index contributed by atoms with van der Waals surface area (Å²) in [5.41, 5.74) is 0.965. The Morgan fingerprint density at radius 2 is 1.95 bits per heavy atom. The molecule has 0 aliphatic carbocycles. The van der Waals surface area contributed by atoms with E-state index in [-0.39, 0.29) is 5.97 Å². The lowest BCUT2D eigenvalue weighted by molar-refractivity contribution is 0.00656. The van der Waals surface area contributed by atoms with E-state index in [2.05, 4.69) is 6.92 Å². The number of ether oxygens (including phenoxy) is 2. The van der Waals surface area contributed by atoms with Gasteiger partial charge in [-0.2, -0.15) is 0 Å². The summed E-state index contributed by atoms with van der Waals surface area (Å²) in [7, 11) is 0. The van der Waals surface area contributed by atoms with E-state index in [0.717, 1.165) is 18.4 Å². The van der Waals surface area contributed by atoms with E-state index >= 15 is 0 Å². The molecule has 3 nitrogen and oxygen atoms in total. The average Bonchev–Trinajstić information content (AvgIpc) is 2.29. The van der Waals surface area contributed by atoms with Crippen LogP contribution in [0.3, 0.4) is 0 Å². The Labute approximate surface area is 115 Å². The molecule has 0 heterocycles. The van der Waals surface area contributed by atoms with E-state index < -0.39 is 5.60 Å². The highest BCUT2D eigenvalue weighted by atomic mass is 16.6. The molecule has 1 aromatic carbocycles. The van der Waals surface area contributed by atoms with E-state index in [1.54, 1.807) is 6.07 Å². The number of aryl methyl sites for hydroxylation is 1. The van der Waals surface area contributed by atoms with Gasteiger partial charge in [0.15, 0.2) is 0 Å². The van der Waals surface area contributed by atoms with Crippen molar-refractivity contribution in [3.63, 3.8) is 0 Å². The van der Waals surface area contributed by atoms with Gasteiger partial charge in [0.2, 0.25) is 0 Å². The summed E-state index contributed by atoms with van der Waals surface area (Å²) in [6.07, 6.45) is 2.04. The zero-order chi connectivity index (χ0) is 14.5. The molecule has 0 aliphatic heterocycles. The van der Waals surface area contributed by atoms with Crippen LogP contribution in [-0.2, 0) is 4.74 Å². The predicted molar refractivity (Wildman–Crippen MR) is 76.8 cm³/mol. The number of unbranched alkanes of at least 4 members (excludes halogenated alkanes) is 1. The van der Waals surface area contributed by atoms with Crippen molar-refractivity contribution in [2.75, 3.05) is 6.61 Å². The largest absolute Gasteiger partial charge is 0.492 e. The number of benzene rings is 1. The van der Waals surface area contributed by atoms with Crippen molar-refractivity contribution in [2.24, 2.45) is 0 Å². The van der Waals surface area contributed by atoms with E-state index in [1.165, 1.54) is 0 Å². The number of carbonyl (C=O) groups excluding carboxylic acids is 1. The first-order valence-electron chi connectivity index (χ1n) is 6.81. The van der Waals surface area contributed by atoms with Crippen LogP contribution in [0.5, 0.6) is 5.75 Å². The maximum Gasteiger partial charge on any atom is 0.342 e. The normalized spacial score (nSPS) is 11.2. The fraction of sp³-hybridized carbons (Fsp3) is 0.562. The van der Waals surface area contributed by atoms with Crippen molar-refractivity contribution >= 4 is 5.97 Å². The fourth-order valence-electron chi connectivity index (χ4n) is 1.66. The topological polar surface area (TPSA) is 35.5 Å². The van der Waals surface area contributed by atoms with Gasteiger partial charge < -0.3 is 9.47 Å². The molecule has 0 aromatic heterocycles. The van der Waals surface area contributed by atoms with Gasteiger partial charge in [0.1, 0.15) is 16.9 Å². The molecule has 0 saturated heterocycles. The van der Waals surface area contributed by atoms with Crippen LogP contribution in [0.1, 0.15) is 56.5 Å². The number of para-hydroxylation sites is 1. The second-order valence-electron chi connectivity index (χ2n) is 5.66. The molecule has 3 heteroatoms. The molecule has 0 aliphatic rings. The SMILES string of the molecule is CCCCOc1c(C)cccc1C(=O)OC(C)(C)C. The number of hydrogen-bond donors (Lipinski definition) is 0. The number of hydrogen-bond acceptors (Lipinski definition) is 3. The van der Waals surface area contributed by atoms with Gasteiger partial charge >= 0.3 is 5.97 Å². The van der Waals surface area contributed by atoms with E-state index in [9.17, 15) is 4.79 Å². The molecule has 0 atom stereocenters. The summed E-state index contributed by atoms with van der Waals surface area (Å²) in [4.78, 5) is 12.2. The van der Waals surface area contributed by atoms with Crippen LogP contribution in [0.15, 0.2) is 18.2 Å². The van der Waals surface area contributed by atoms with Gasteiger partial charge in [-0.1, -0.05) is 25.5 Å². The van der Waals surface area contributed by atoms with Gasteiger partial charge in [0, 0.05) is 0 Å². The minimum atomic E-state index is -0.498. The Hall–Kier alpha value is -1.51. The monoisotopic (exact) mass is 264 g/mol. The van der Waals surface area contributed by atoms with Crippen molar-refractivity contribution < 1.29 is 14.3 Å². The third-order valence-electron chi connectivity index (χ3n) is 2.57. The highest BCUT2D eigenvalue weighted by molar-refractivity contribution is 5.93. The molecule has 19 heavy (non-hydrogen) atoms. The third-order valence-corrected chi connectivity index (χ3v) is 2.57. The number of rotatable bonds is 5. The van der Waals surface area contributed by atoms with Crippen LogP contribution in [0.25, 0.3) is 0 Å². The third kappa shape index (κ3) is 4.93. The average molecular weight is 264 g/mol. The highest BCUT2D eigenvalue weighted by Crippen LogP contribution is 2.26. The Balaban J connectivity index is 2.93. The van der Waals surface area contributed by atoms with Gasteiger partial charge in [-0.05, 0) is 45.7 Å². The van der Waals surface area contributed by atoms with Crippen LogP contribution in [0.2, 0.25) is 0 Å². The molecular weight excluding hydrogens is 240 g/mol. The molecular formula is C16H24O3. The molecule has 0 N–H and O–H groups in total. The molecule has 0 amide bonds. The maximum atomic E-state index is 12.2. The molecule has 0 spiro atoms. The lowest BCUT2D eigenvalue weighted by atomic mass is 10.1. The van der Waals surface area contributed by atoms with Gasteiger partial charge in [0.05, 0.1) is 6.61 Å². The van der Waals surface area contributed by atoms with Crippen LogP contribution in [0, 0.1) is 6.92 Å². The Morgan fingerprint density at radius 1 is 1.26 bits per heavy atom. The molecule has 0 saturated carbocycles. The first-order chi connectivity index (χ1) is 8.85. The Kier molecular flexibility index (Phi) is 5.40. The van der Waals surface area contributed by atoms with Crippen molar-refractivity contribution in [1.82, 2.24) is 0 Å². The molecule has 0 unspecified atom stereocenters. The van der Waals surface area contributed by atoms with Crippen molar-refractivity contribution in [1.29, 1.82) is 0 Å². The quantitative estimate of drug-likeness (QED) is 0.592. The van der Waals surface area contributed by atoms with Crippen LogP contribution < -0.4 is 4.74 Å². The smallest absolute Gasteiger partial charge is 0.342 e. The second kappa shape index (κ2) is 6.60. The summed E-state index contributed by atoms with van der Waals surface area (Å²) in [6.45, 7) is 10.2. The lowest BCUT2D eigenvalue weighted by Gasteiger charge is -2.21. The minimum absolute atomic E-state index is 0.331. The first-order valence-corrected chi connectivity index (χ1v) is 6.81. The molecule has 0 fully saturated rings. The number of carbonyl (C=O) groups is 1. The van der Waals surface area contributed by atoms with Crippen molar-refractivity contribution in [2.45, 2.75) is 53.1 Å². The van der Waals surface area contributed by atoms with Gasteiger partial charge in [-0.15, -0.1) is 0 Å². The van der Waals surface area contributed by atoms with Crippen LogP contribution >= 0.6 is 0 Å².